The number of phosphoric acid groups is 1. The van der Waals surface area contributed by atoms with Crippen molar-refractivity contribution in [3.63, 3.8) is 0 Å². The van der Waals surface area contributed by atoms with Gasteiger partial charge in [0.25, 0.3) is 0 Å². The smallest absolute Gasteiger partial charge is 0.462 e. The zero-order valence-corrected chi connectivity index (χ0v) is 54.8. The summed E-state index contributed by atoms with van der Waals surface area (Å²) >= 11 is 0. The summed E-state index contributed by atoms with van der Waals surface area (Å²) in [4.78, 5) is 35.4. The predicted molar refractivity (Wildman–Crippen MR) is 345 cm³/mol. The molecule has 3 N–H and O–H groups in total. The lowest BCUT2D eigenvalue weighted by atomic mass is 10.0. The minimum Gasteiger partial charge on any atom is -0.462 e. The van der Waals surface area contributed by atoms with Crippen molar-refractivity contribution >= 4 is 19.8 Å². The molecule has 0 aliphatic heterocycles. The highest BCUT2D eigenvalue weighted by molar-refractivity contribution is 7.47. The van der Waals surface area contributed by atoms with Gasteiger partial charge in [-0.15, -0.1) is 0 Å². The highest BCUT2D eigenvalue weighted by Crippen LogP contribution is 2.43. The van der Waals surface area contributed by atoms with E-state index in [1.807, 2.05) is 0 Å². The minimum atomic E-state index is -4.39. The summed E-state index contributed by atoms with van der Waals surface area (Å²) in [6.07, 6.45) is 79.3. The van der Waals surface area contributed by atoms with Gasteiger partial charge in [0.15, 0.2) is 6.10 Å². The summed E-state index contributed by atoms with van der Waals surface area (Å²) in [5, 5.41) is 0. The van der Waals surface area contributed by atoms with Gasteiger partial charge in [-0.2, -0.15) is 0 Å². The topological polar surface area (TPSA) is 134 Å². The Kier molecular flexibility index (Phi) is 66.3. The molecule has 0 rings (SSSR count). The highest BCUT2D eigenvalue weighted by atomic mass is 31.2. The monoisotopic (exact) mass is 1150 g/mol. The van der Waals surface area contributed by atoms with Crippen molar-refractivity contribution in [2.75, 3.05) is 26.4 Å². The molecule has 0 aromatic carbocycles. The van der Waals surface area contributed by atoms with E-state index in [4.69, 9.17) is 24.3 Å². The summed E-state index contributed by atoms with van der Waals surface area (Å²) < 4.78 is 33.2. The van der Waals surface area contributed by atoms with Gasteiger partial charge >= 0.3 is 19.8 Å². The molecule has 0 fully saturated rings. The molecule has 478 valence electrons. The summed E-state index contributed by atoms with van der Waals surface area (Å²) in [7, 11) is -4.39. The first-order valence-corrected chi connectivity index (χ1v) is 37.5. The largest absolute Gasteiger partial charge is 0.472 e. The second-order valence-electron chi connectivity index (χ2n) is 24.8. The molecule has 0 heterocycles. The Labute approximate surface area is 498 Å². The van der Waals surface area contributed by atoms with E-state index in [0.29, 0.717) is 12.8 Å². The standard InChI is InChI=1S/C70H140NO8P/c1-3-5-7-9-11-13-15-17-19-21-23-25-27-29-30-31-32-33-34-35-36-37-39-41-43-45-47-49-51-53-55-57-59-61-63-70(73)79-68(67-78-80(74,75)77-65-64-71)66-76-69(72)62-60-58-56-54-52-50-48-46-44-42-40-38-28-26-24-22-20-18-16-14-12-10-8-6-4-2/h68H,3-67,71H2,1-2H3,(H,74,75). The van der Waals surface area contributed by atoms with E-state index >= 15 is 0 Å². The van der Waals surface area contributed by atoms with Gasteiger partial charge in [0.05, 0.1) is 13.2 Å². The fraction of sp³-hybridized carbons (Fsp3) is 0.971. The molecule has 0 radical (unpaired) electrons. The minimum absolute atomic E-state index is 0.0588. The van der Waals surface area contributed by atoms with Gasteiger partial charge < -0.3 is 20.1 Å². The molecular formula is C70H140NO8P. The summed E-state index contributed by atoms with van der Waals surface area (Å²) in [5.41, 5.74) is 5.40. The Morgan fingerprint density at radius 3 is 0.762 bits per heavy atom. The van der Waals surface area contributed by atoms with E-state index in [1.165, 1.54) is 340 Å². The molecule has 9 nitrogen and oxygen atoms in total. The van der Waals surface area contributed by atoms with Crippen molar-refractivity contribution in [3.8, 4) is 0 Å². The Hall–Kier alpha value is -0.990. The van der Waals surface area contributed by atoms with Crippen LogP contribution >= 0.6 is 7.82 Å². The zero-order valence-electron chi connectivity index (χ0n) is 53.9. The molecule has 2 unspecified atom stereocenters. The van der Waals surface area contributed by atoms with Gasteiger partial charge in [-0.3, -0.25) is 18.6 Å². The number of phosphoric ester groups is 1. The lowest BCUT2D eigenvalue weighted by Gasteiger charge is -2.19. The van der Waals surface area contributed by atoms with Gasteiger partial charge in [0.1, 0.15) is 6.61 Å². The van der Waals surface area contributed by atoms with Gasteiger partial charge in [-0.05, 0) is 12.8 Å². The van der Waals surface area contributed by atoms with E-state index in [0.717, 1.165) is 32.1 Å². The third-order valence-electron chi connectivity index (χ3n) is 16.7. The average molecular weight is 1150 g/mol. The van der Waals surface area contributed by atoms with Crippen LogP contribution in [0.5, 0.6) is 0 Å². The Bertz CT molecular complexity index is 1270. The first-order chi connectivity index (χ1) is 39.3. The lowest BCUT2D eigenvalue weighted by molar-refractivity contribution is -0.161. The van der Waals surface area contributed by atoms with E-state index < -0.39 is 26.5 Å². The Balaban J connectivity index is 3.77. The van der Waals surface area contributed by atoms with Gasteiger partial charge in [-0.1, -0.05) is 380 Å². The number of unbranched alkanes of at least 4 members (excludes halogenated alkanes) is 57. The number of esters is 2. The number of hydrogen-bond donors (Lipinski definition) is 2. The summed E-state index contributed by atoms with van der Waals surface area (Å²) in [5.74, 6) is -0.797. The average Bonchev–Trinajstić information content (AvgIpc) is 3.45. The quantitative estimate of drug-likeness (QED) is 0.0347. The highest BCUT2D eigenvalue weighted by Gasteiger charge is 2.26. The molecular weight excluding hydrogens is 1010 g/mol. The maximum absolute atomic E-state index is 12.8. The van der Waals surface area contributed by atoms with Crippen LogP contribution in [0.1, 0.15) is 406 Å². The molecule has 0 saturated heterocycles. The number of hydrogen-bond acceptors (Lipinski definition) is 8. The molecule has 0 aromatic heterocycles. The van der Waals surface area contributed by atoms with E-state index in [2.05, 4.69) is 13.8 Å². The van der Waals surface area contributed by atoms with Crippen molar-refractivity contribution in [1.82, 2.24) is 0 Å². The third-order valence-corrected chi connectivity index (χ3v) is 17.7. The maximum Gasteiger partial charge on any atom is 0.472 e. The van der Waals surface area contributed by atoms with Crippen molar-refractivity contribution in [2.24, 2.45) is 5.73 Å². The first-order valence-electron chi connectivity index (χ1n) is 36.0. The molecule has 0 aliphatic carbocycles. The van der Waals surface area contributed by atoms with E-state index in [1.54, 1.807) is 0 Å². The van der Waals surface area contributed by atoms with E-state index in [9.17, 15) is 19.0 Å². The summed E-state index contributed by atoms with van der Waals surface area (Å²) in [6.45, 7) is 3.85. The van der Waals surface area contributed by atoms with Crippen LogP contribution in [-0.2, 0) is 32.7 Å². The van der Waals surface area contributed by atoms with Crippen LogP contribution in [0.3, 0.4) is 0 Å². The molecule has 0 aromatic rings. The van der Waals surface area contributed by atoms with E-state index in [-0.39, 0.29) is 32.1 Å². The molecule has 80 heavy (non-hydrogen) atoms. The molecule has 2 atom stereocenters. The SMILES string of the molecule is CCCCCCCCCCCCCCCCCCCCCCCCCCCCCCCCCCCCC(=O)OC(COC(=O)CCCCCCCCCCCCCCCCCCCCCCCCCCC)COP(=O)(O)OCCN. The van der Waals surface area contributed by atoms with Crippen molar-refractivity contribution < 1.29 is 37.6 Å². The van der Waals surface area contributed by atoms with Crippen LogP contribution in [0.2, 0.25) is 0 Å². The normalized spacial score (nSPS) is 12.8. The summed E-state index contributed by atoms with van der Waals surface area (Å²) in [6, 6.07) is 0. The van der Waals surface area contributed by atoms with Crippen LogP contribution in [0, 0.1) is 0 Å². The van der Waals surface area contributed by atoms with Crippen LogP contribution in [-0.4, -0.2) is 49.3 Å². The first kappa shape index (κ1) is 79.0. The molecule has 10 heteroatoms. The molecule has 0 spiro atoms. The van der Waals surface area contributed by atoms with Crippen LogP contribution in [0.15, 0.2) is 0 Å². The number of carbonyl (C=O) groups is 2. The predicted octanol–water partition coefficient (Wildman–Crippen LogP) is 23.4. The molecule has 0 aliphatic rings. The number of rotatable bonds is 70. The van der Waals surface area contributed by atoms with Crippen molar-refractivity contribution in [1.29, 1.82) is 0 Å². The molecule has 0 bridgehead atoms. The Morgan fingerprint density at radius 2 is 0.537 bits per heavy atom. The van der Waals surface area contributed by atoms with Crippen molar-refractivity contribution in [3.05, 3.63) is 0 Å². The van der Waals surface area contributed by atoms with Crippen molar-refractivity contribution in [2.45, 2.75) is 412 Å². The fourth-order valence-electron chi connectivity index (χ4n) is 11.4. The third kappa shape index (κ3) is 66.2. The van der Waals surface area contributed by atoms with Gasteiger partial charge in [0.2, 0.25) is 0 Å². The zero-order chi connectivity index (χ0) is 58.0. The van der Waals surface area contributed by atoms with Crippen LogP contribution in [0.4, 0.5) is 0 Å². The number of ether oxygens (including phenoxy) is 2. The van der Waals surface area contributed by atoms with Crippen LogP contribution < -0.4 is 5.73 Å². The number of nitrogens with two attached hydrogens (primary N) is 1. The maximum atomic E-state index is 12.8. The second-order valence-corrected chi connectivity index (χ2v) is 26.3. The van der Waals surface area contributed by atoms with Crippen LogP contribution in [0.25, 0.3) is 0 Å². The molecule has 0 saturated carbocycles. The lowest BCUT2D eigenvalue weighted by Crippen LogP contribution is -2.29. The van der Waals surface area contributed by atoms with Gasteiger partial charge in [0, 0.05) is 19.4 Å². The fourth-order valence-corrected chi connectivity index (χ4v) is 12.2. The molecule has 0 amide bonds. The Morgan fingerprint density at radius 1 is 0.325 bits per heavy atom. The second kappa shape index (κ2) is 67.1. The van der Waals surface area contributed by atoms with Gasteiger partial charge in [-0.25, -0.2) is 4.57 Å². The number of carbonyl (C=O) groups excluding carboxylic acids is 2.